The summed E-state index contributed by atoms with van der Waals surface area (Å²) in [5.41, 5.74) is 7.98. The van der Waals surface area contributed by atoms with Crippen LogP contribution < -0.4 is 10.2 Å². The second-order valence-electron chi connectivity index (χ2n) is 9.02. The van der Waals surface area contributed by atoms with Gasteiger partial charge in [-0.25, -0.2) is 15.3 Å². The van der Waals surface area contributed by atoms with Gasteiger partial charge in [-0.15, -0.1) is 0 Å². The van der Waals surface area contributed by atoms with Crippen molar-refractivity contribution in [2.45, 2.75) is 50.9 Å². The fourth-order valence-corrected chi connectivity index (χ4v) is 5.19. The molecular formula is C25H26N4O3. The van der Waals surface area contributed by atoms with Gasteiger partial charge in [0.25, 0.3) is 0 Å². The van der Waals surface area contributed by atoms with Gasteiger partial charge in [0.2, 0.25) is 12.6 Å². The number of likely N-dealkylation sites (tertiary alicyclic amines) is 1. The molecule has 2 aliphatic heterocycles. The number of ether oxygens (including phenoxy) is 1. The molecule has 0 radical (unpaired) electrons. The Kier molecular flexibility index (Phi) is 5.10. The number of nitrogens with one attached hydrogen (secondary N) is 1. The summed E-state index contributed by atoms with van der Waals surface area (Å²) in [6.07, 6.45) is 3.43. The Labute approximate surface area is 187 Å². The number of fused-ring (bicyclic) bond motifs is 2. The predicted molar refractivity (Wildman–Crippen MR) is 119 cm³/mol. The lowest BCUT2D eigenvalue weighted by Crippen LogP contribution is -2.28. The molecule has 0 bridgehead atoms. The molecule has 2 aromatic rings. The van der Waals surface area contributed by atoms with Gasteiger partial charge in [-0.1, -0.05) is 24.3 Å². The van der Waals surface area contributed by atoms with Crippen molar-refractivity contribution in [1.29, 1.82) is 5.26 Å². The summed E-state index contributed by atoms with van der Waals surface area (Å²) in [5.74, 6) is 1.27. The molecule has 7 nitrogen and oxygen atoms in total. The van der Waals surface area contributed by atoms with E-state index in [1.54, 1.807) is 12.1 Å². The van der Waals surface area contributed by atoms with Gasteiger partial charge in [-0.05, 0) is 56.4 Å². The minimum absolute atomic E-state index is 0.0103. The van der Waals surface area contributed by atoms with Crippen LogP contribution in [0, 0.1) is 11.3 Å². The van der Waals surface area contributed by atoms with Crippen LogP contribution >= 0.6 is 0 Å². The van der Waals surface area contributed by atoms with Crippen LogP contribution in [-0.2, 0) is 21.5 Å². The van der Waals surface area contributed by atoms with Crippen molar-refractivity contribution >= 4 is 12.2 Å². The molecule has 1 fully saturated rings. The summed E-state index contributed by atoms with van der Waals surface area (Å²) in [6.45, 7) is 5.46. The standard InChI is InChI=1S/C25H26N4O3/c1-16(2)31-22-7-6-17(12-18(22)13-26)24-27-23(28-32-24)20-4-3-5-21-19(20)8-9-25(21)10-11-29(14-25)15-30/h3-7,12,15-16,24H,8-11,14H2,1-2H3,(H,27,28). The molecule has 3 aliphatic rings. The second-order valence-corrected chi connectivity index (χ2v) is 9.02. The average molecular weight is 431 g/mol. The minimum atomic E-state index is -0.534. The molecule has 7 heteroatoms. The van der Waals surface area contributed by atoms with E-state index in [9.17, 15) is 10.1 Å². The number of hydroxylamine groups is 1. The first-order valence-corrected chi connectivity index (χ1v) is 11.1. The lowest BCUT2D eigenvalue weighted by Gasteiger charge is -2.24. The number of nitriles is 1. The van der Waals surface area contributed by atoms with E-state index in [1.165, 1.54) is 11.1 Å². The molecule has 1 aliphatic carbocycles. The number of hydrogen-bond acceptors (Lipinski definition) is 6. The maximum absolute atomic E-state index is 11.3. The van der Waals surface area contributed by atoms with Gasteiger partial charge in [0.05, 0.1) is 11.7 Å². The van der Waals surface area contributed by atoms with Crippen molar-refractivity contribution in [2.75, 3.05) is 13.1 Å². The molecule has 2 aromatic carbocycles. The highest BCUT2D eigenvalue weighted by Crippen LogP contribution is 2.46. The predicted octanol–water partition coefficient (Wildman–Crippen LogP) is 3.37. The molecule has 1 saturated heterocycles. The van der Waals surface area contributed by atoms with Crippen LogP contribution in [0.4, 0.5) is 0 Å². The van der Waals surface area contributed by atoms with Crippen molar-refractivity contribution in [1.82, 2.24) is 10.4 Å². The van der Waals surface area contributed by atoms with Crippen molar-refractivity contribution in [3.05, 3.63) is 64.2 Å². The number of nitrogens with zero attached hydrogens (tertiary/aromatic N) is 3. The van der Waals surface area contributed by atoms with E-state index in [0.29, 0.717) is 17.1 Å². The third kappa shape index (κ3) is 3.41. The molecule has 2 atom stereocenters. The maximum Gasteiger partial charge on any atom is 0.209 e. The zero-order valence-electron chi connectivity index (χ0n) is 18.3. The summed E-state index contributed by atoms with van der Waals surface area (Å²) in [6, 6.07) is 14.0. The number of amidine groups is 1. The van der Waals surface area contributed by atoms with E-state index in [1.807, 2.05) is 24.8 Å². The van der Waals surface area contributed by atoms with Crippen LogP contribution in [0.15, 0.2) is 41.4 Å². The molecule has 32 heavy (non-hydrogen) atoms. The van der Waals surface area contributed by atoms with Crippen molar-refractivity contribution in [2.24, 2.45) is 4.99 Å². The Morgan fingerprint density at radius 2 is 2.22 bits per heavy atom. The zero-order valence-corrected chi connectivity index (χ0v) is 18.3. The normalized spacial score (nSPS) is 23.8. The fourth-order valence-electron chi connectivity index (χ4n) is 5.19. The fraction of sp³-hybridized carbons (Fsp3) is 0.400. The summed E-state index contributed by atoms with van der Waals surface area (Å²) in [7, 11) is 0. The zero-order chi connectivity index (χ0) is 22.3. The average Bonchev–Trinajstić information content (AvgIpc) is 3.53. The molecule has 2 unspecified atom stereocenters. The highest BCUT2D eigenvalue weighted by atomic mass is 16.7. The smallest absolute Gasteiger partial charge is 0.209 e. The van der Waals surface area contributed by atoms with Gasteiger partial charge in [0.1, 0.15) is 11.8 Å². The van der Waals surface area contributed by atoms with E-state index in [4.69, 9.17) is 14.6 Å². The van der Waals surface area contributed by atoms with Gasteiger partial charge >= 0.3 is 0 Å². The van der Waals surface area contributed by atoms with Crippen LogP contribution in [-0.4, -0.2) is 36.3 Å². The molecule has 164 valence electrons. The summed E-state index contributed by atoms with van der Waals surface area (Å²) in [4.78, 5) is 23.7. The Bertz CT molecular complexity index is 1140. The van der Waals surface area contributed by atoms with E-state index < -0.39 is 6.23 Å². The Hall–Kier alpha value is -3.37. The molecule has 1 N–H and O–H groups in total. The summed E-state index contributed by atoms with van der Waals surface area (Å²) >= 11 is 0. The van der Waals surface area contributed by atoms with Crippen molar-refractivity contribution < 1.29 is 14.4 Å². The summed E-state index contributed by atoms with van der Waals surface area (Å²) in [5, 5.41) is 9.52. The quantitative estimate of drug-likeness (QED) is 0.735. The molecule has 0 aromatic heterocycles. The number of amides is 1. The first-order chi connectivity index (χ1) is 15.5. The van der Waals surface area contributed by atoms with Gasteiger partial charge in [0.15, 0.2) is 5.84 Å². The van der Waals surface area contributed by atoms with Gasteiger partial charge in [-0.2, -0.15) is 5.26 Å². The number of aliphatic imine (C=N–C) groups is 1. The lowest BCUT2D eigenvalue weighted by molar-refractivity contribution is -0.117. The van der Waals surface area contributed by atoms with Crippen LogP contribution in [0.2, 0.25) is 0 Å². The highest BCUT2D eigenvalue weighted by Gasteiger charge is 2.44. The Morgan fingerprint density at radius 1 is 1.34 bits per heavy atom. The third-order valence-electron chi connectivity index (χ3n) is 6.67. The third-order valence-corrected chi connectivity index (χ3v) is 6.67. The van der Waals surface area contributed by atoms with Crippen LogP contribution in [0.3, 0.4) is 0 Å². The van der Waals surface area contributed by atoms with Crippen LogP contribution in [0.25, 0.3) is 0 Å². The van der Waals surface area contributed by atoms with Crippen molar-refractivity contribution in [3.8, 4) is 11.8 Å². The van der Waals surface area contributed by atoms with Crippen LogP contribution in [0.5, 0.6) is 5.75 Å². The Morgan fingerprint density at radius 3 is 2.97 bits per heavy atom. The maximum atomic E-state index is 11.3. The molecule has 5 rings (SSSR count). The first kappa shape index (κ1) is 20.5. The SMILES string of the molecule is CC(C)Oc1ccc(C2N=C(c3cccc4c3CCC43CCN(C=O)C3)NO2)cc1C#N. The van der Waals surface area contributed by atoms with E-state index in [-0.39, 0.29) is 11.5 Å². The Balaban J connectivity index is 1.43. The molecular weight excluding hydrogens is 404 g/mol. The molecule has 1 spiro atoms. The molecule has 2 heterocycles. The van der Waals surface area contributed by atoms with Crippen molar-refractivity contribution in [3.63, 3.8) is 0 Å². The monoisotopic (exact) mass is 430 g/mol. The van der Waals surface area contributed by atoms with E-state index in [2.05, 4.69) is 29.7 Å². The second kappa shape index (κ2) is 7.95. The number of carbonyl (C=O) groups excluding carboxylic acids is 1. The first-order valence-electron chi connectivity index (χ1n) is 11.1. The van der Waals surface area contributed by atoms with Crippen LogP contribution in [0.1, 0.15) is 60.7 Å². The minimum Gasteiger partial charge on any atom is -0.490 e. The van der Waals surface area contributed by atoms with Gasteiger partial charge < -0.3 is 9.64 Å². The molecule has 1 amide bonds. The lowest BCUT2D eigenvalue weighted by atomic mass is 9.81. The topological polar surface area (TPSA) is 86.9 Å². The number of carbonyl (C=O) groups is 1. The number of benzene rings is 2. The number of hydrogen-bond donors (Lipinski definition) is 1. The number of rotatable bonds is 5. The van der Waals surface area contributed by atoms with E-state index in [0.717, 1.165) is 49.9 Å². The van der Waals surface area contributed by atoms with Gasteiger partial charge in [0, 0.05) is 29.6 Å². The van der Waals surface area contributed by atoms with Gasteiger partial charge in [-0.3, -0.25) is 4.79 Å². The van der Waals surface area contributed by atoms with E-state index >= 15 is 0 Å². The largest absolute Gasteiger partial charge is 0.490 e. The molecule has 0 saturated carbocycles. The summed E-state index contributed by atoms with van der Waals surface area (Å²) < 4.78 is 5.72. The highest BCUT2D eigenvalue weighted by molar-refractivity contribution is 6.00.